The second-order valence-electron chi connectivity index (χ2n) is 4.68. The van der Waals surface area contributed by atoms with E-state index in [2.05, 4.69) is 21.0 Å². The molecule has 0 amide bonds. The van der Waals surface area contributed by atoms with E-state index in [-0.39, 0.29) is 11.9 Å². The molecule has 2 aromatic rings. The number of aromatic nitrogens is 2. The van der Waals surface area contributed by atoms with Gasteiger partial charge in [-0.15, -0.1) is 0 Å². The number of aryl methyl sites for hydroxylation is 1. The molecule has 2 rings (SSSR count). The second-order valence-corrected chi connectivity index (χ2v) is 5.53. The molecule has 1 aromatic heterocycles. The van der Waals surface area contributed by atoms with Gasteiger partial charge in [0.2, 0.25) is 5.78 Å². The summed E-state index contributed by atoms with van der Waals surface area (Å²) in [5.74, 6) is 0.634. The Bertz CT molecular complexity index is 620. The number of benzene rings is 1. The van der Waals surface area contributed by atoms with Crippen LogP contribution >= 0.6 is 15.9 Å². The molecule has 0 saturated heterocycles. The lowest BCUT2D eigenvalue weighted by Gasteiger charge is -2.11. The molecule has 20 heavy (non-hydrogen) atoms. The van der Waals surface area contributed by atoms with Gasteiger partial charge in [-0.2, -0.15) is 5.10 Å². The second kappa shape index (κ2) is 6.22. The van der Waals surface area contributed by atoms with Crippen LogP contribution in [0.15, 0.2) is 34.9 Å². The number of carbonyl (C=O) groups excluding carboxylic acids is 1. The van der Waals surface area contributed by atoms with Crippen LogP contribution in [0.25, 0.3) is 0 Å². The predicted molar refractivity (Wildman–Crippen MR) is 81.2 cm³/mol. The number of hydrogen-bond donors (Lipinski definition) is 0. The fourth-order valence-electron chi connectivity index (χ4n) is 1.95. The van der Waals surface area contributed by atoms with Crippen molar-refractivity contribution >= 4 is 21.7 Å². The number of nitrogens with zero attached hydrogens (tertiary/aromatic N) is 2. The predicted octanol–water partition coefficient (Wildman–Crippen LogP) is 3.68. The van der Waals surface area contributed by atoms with Gasteiger partial charge in [-0.25, -0.2) is 0 Å². The molecule has 0 aliphatic carbocycles. The lowest BCUT2D eigenvalue weighted by molar-refractivity contribution is 0.102. The van der Waals surface area contributed by atoms with E-state index in [1.807, 2.05) is 32.9 Å². The van der Waals surface area contributed by atoms with Gasteiger partial charge < -0.3 is 4.74 Å². The van der Waals surface area contributed by atoms with Gasteiger partial charge in [0.25, 0.3) is 0 Å². The van der Waals surface area contributed by atoms with Crippen LogP contribution in [-0.4, -0.2) is 21.7 Å². The van der Waals surface area contributed by atoms with E-state index >= 15 is 0 Å². The van der Waals surface area contributed by atoms with E-state index in [1.54, 1.807) is 23.0 Å². The van der Waals surface area contributed by atoms with Crippen LogP contribution in [0.5, 0.6) is 5.75 Å². The Labute approximate surface area is 126 Å². The van der Waals surface area contributed by atoms with Crippen LogP contribution in [0.2, 0.25) is 0 Å². The molecule has 0 saturated carbocycles. The van der Waals surface area contributed by atoms with Crippen LogP contribution in [0.4, 0.5) is 0 Å². The molecule has 1 aromatic carbocycles. The van der Waals surface area contributed by atoms with Crippen molar-refractivity contribution in [3.8, 4) is 5.75 Å². The number of carbonyl (C=O) groups is 1. The summed E-state index contributed by atoms with van der Waals surface area (Å²) in [6, 6.07) is 7.23. The standard InChI is InChI=1S/C15H17BrN2O2/c1-4-18-14(13(16)9-17-18)15(19)11-6-5-7-12(8-11)20-10(2)3/h5-10H,4H2,1-3H3. The molecule has 106 valence electrons. The van der Waals surface area contributed by atoms with Crippen LogP contribution in [0.1, 0.15) is 36.8 Å². The lowest BCUT2D eigenvalue weighted by atomic mass is 10.1. The van der Waals surface area contributed by atoms with Crippen molar-refractivity contribution in [3.05, 3.63) is 46.2 Å². The van der Waals surface area contributed by atoms with Crippen LogP contribution in [-0.2, 0) is 6.54 Å². The fourth-order valence-corrected chi connectivity index (χ4v) is 2.42. The molecule has 4 nitrogen and oxygen atoms in total. The van der Waals surface area contributed by atoms with Crippen molar-refractivity contribution < 1.29 is 9.53 Å². The minimum atomic E-state index is -0.0644. The summed E-state index contributed by atoms with van der Waals surface area (Å²) in [4.78, 5) is 12.6. The summed E-state index contributed by atoms with van der Waals surface area (Å²) in [5, 5.41) is 4.17. The first-order valence-electron chi connectivity index (χ1n) is 6.55. The monoisotopic (exact) mass is 336 g/mol. The van der Waals surface area contributed by atoms with Gasteiger partial charge >= 0.3 is 0 Å². The quantitative estimate of drug-likeness (QED) is 0.782. The highest BCUT2D eigenvalue weighted by atomic mass is 79.9. The largest absolute Gasteiger partial charge is 0.491 e. The molecule has 5 heteroatoms. The third kappa shape index (κ3) is 3.10. The molecule has 0 aliphatic heterocycles. The average molecular weight is 337 g/mol. The van der Waals surface area contributed by atoms with Crippen LogP contribution in [0.3, 0.4) is 0 Å². The summed E-state index contributed by atoms with van der Waals surface area (Å²) in [6.45, 7) is 6.51. The summed E-state index contributed by atoms with van der Waals surface area (Å²) in [5.41, 5.74) is 1.16. The number of rotatable bonds is 5. The Morgan fingerprint density at radius 1 is 1.45 bits per heavy atom. The first-order chi connectivity index (χ1) is 9.52. The molecular formula is C15H17BrN2O2. The molecule has 0 aliphatic rings. The molecular weight excluding hydrogens is 320 g/mol. The molecule has 0 spiro atoms. The van der Waals surface area contributed by atoms with Gasteiger partial charge in [0.1, 0.15) is 11.4 Å². The van der Waals surface area contributed by atoms with Crippen molar-refractivity contribution in [2.24, 2.45) is 0 Å². The number of ether oxygens (including phenoxy) is 1. The Kier molecular flexibility index (Phi) is 4.60. The summed E-state index contributed by atoms with van der Waals surface area (Å²) in [7, 11) is 0. The lowest BCUT2D eigenvalue weighted by Crippen LogP contribution is -2.12. The minimum absolute atomic E-state index is 0.0644. The van der Waals surface area contributed by atoms with Gasteiger partial charge in [-0.1, -0.05) is 12.1 Å². The number of ketones is 1. The maximum Gasteiger partial charge on any atom is 0.212 e. The minimum Gasteiger partial charge on any atom is -0.491 e. The van der Waals surface area contributed by atoms with Gasteiger partial charge in [-0.05, 0) is 48.8 Å². The van der Waals surface area contributed by atoms with Crippen LogP contribution in [0, 0.1) is 0 Å². The first kappa shape index (κ1) is 14.8. The van der Waals surface area contributed by atoms with Gasteiger partial charge in [0.05, 0.1) is 16.8 Å². The van der Waals surface area contributed by atoms with Crippen molar-refractivity contribution in [1.29, 1.82) is 0 Å². The molecule has 0 unspecified atom stereocenters. The number of halogens is 1. The zero-order valence-electron chi connectivity index (χ0n) is 11.8. The molecule has 0 atom stereocenters. The van der Waals surface area contributed by atoms with Crippen LogP contribution < -0.4 is 4.74 Å². The van der Waals surface area contributed by atoms with E-state index in [9.17, 15) is 4.79 Å². The summed E-state index contributed by atoms with van der Waals surface area (Å²) in [6.07, 6.45) is 1.72. The fraction of sp³-hybridized carbons (Fsp3) is 0.333. The molecule has 0 radical (unpaired) electrons. The van der Waals surface area contributed by atoms with Gasteiger partial charge in [-0.3, -0.25) is 9.48 Å². The van der Waals surface area contributed by atoms with Crippen molar-refractivity contribution in [3.63, 3.8) is 0 Å². The van der Waals surface area contributed by atoms with Crippen molar-refractivity contribution in [2.75, 3.05) is 0 Å². The Hall–Kier alpha value is -1.62. The average Bonchev–Trinajstić information content (AvgIpc) is 2.78. The zero-order chi connectivity index (χ0) is 14.7. The third-order valence-corrected chi connectivity index (χ3v) is 3.36. The highest BCUT2D eigenvalue weighted by molar-refractivity contribution is 9.10. The Balaban J connectivity index is 2.36. The smallest absolute Gasteiger partial charge is 0.212 e. The van der Waals surface area contributed by atoms with Gasteiger partial charge in [0, 0.05) is 12.1 Å². The maximum absolute atomic E-state index is 12.6. The topological polar surface area (TPSA) is 44.1 Å². The summed E-state index contributed by atoms with van der Waals surface area (Å²) < 4.78 is 8.01. The maximum atomic E-state index is 12.6. The SMILES string of the molecule is CCn1ncc(Br)c1C(=O)c1cccc(OC(C)C)c1. The highest BCUT2D eigenvalue weighted by Crippen LogP contribution is 2.22. The zero-order valence-corrected chi connectivity index (χ0v) is 13.3. The highest BCUT2D eigenvalue weighted by Gasteiger charge is 2.18. The third-order valence-electron chi connectivity index (χ3n) is 2.78. The number of hydrogen-bond acceptors (Lipinski definition) is 3. The molecule has 0 N–H and O–H groups in total. The van der Waals surface area contributed by atoms with Gasteiger partial charge in [0.15, 0.2) is 0 Å². The van der Waals surface area contributed by atoms with Crippen molar-refractivity contribution in [1.82, 2.24) is 9.78 Å². The Morgan fingerprint density at radius 2 is 2.20 bits per heavy atom. The van der Waals surface area contributed by atoms with E-state index in [0.717, 1.165) is 0 Å². The summed E-state index contributed by atoms with van der Waals surface area (Å²) >= 11 is 3.38. The van der Waals surface area contributed by atoms with E-state index in [4.69, 9.17) is 4.74 Å². The Morgan fingerprint density at radius 3 is 2.85 bits per heavy atom. The normalized spacial score (nSPS) is 10.8. The van der Waals surface area contributed by atoms with Crippen molar-refractivity contribution in [2.45, 2.75) is 33.4 Å². The first-order valence-corrected chi connectivity index (χ1v) is 7.35. The molecule has 0 bridgehead atoms. The van der Waals surface area contributed by atoms with E-state index in [1.165, 1.54) is 0 Å². The van der Waals surface area contributed by atoms with E-state index in [0.29, 0.717) is 28.0 Å². The molecule has 0 fully saturated rings. The molecule has 1 heterocycles. The van der Waals surface area contributed by atoms with E-state index < -0.39 is 0 Å².